The zero-order chi connectivity index (χ0) is 13.9. The van der Waals surface area contributed by atoms with Crippen LogP contribution in [0.15, 0.2) is 30.6 Å². The van der Waals surface area contributed by atoms with Crippen molar-refractivity contribution >= 4 is 5.82 Å². The summed E-state index contributed by atoms with van der Waals surface area (Å²) in [7, 11) is 0. The normalized spacial score (nSPS) is 14.3. The topological polar surface area (TPSA) is 58.0 Å². The molecule has 1 aliphatic rings. The summed E-state index contributed by atoms with van der Waals surface area (Å²) < 4.78 is 0. The Labute approximate surface area is 118 Å². The monoisotopic (exact) mass is 269 g/mol. The first-order valence-electron chi connectivity index (χ1n) is 7.13. The smallest absolute Gasteiger partial charge is 0.133 e. The number of aliphatic hydroxyl groups is 1. The number of aryl methyl sites for hydroxylation is 1. The van der Waals surface area contributed by atoms with Crippen molar-refractivity contribution in [2.24, 2.45) is 0 Å². The van der Waals surface area contributed by atoms with E-state index < -0.39 is 0 Å². The Morgan fingerprint density at radius 2 is 2.10 bits per heavy atom. The molecule has 1 atom stereocenters. The first-order chi connectivity index (χ1) is 9.83. The summed E-state index contributed by atoms with van der Waals surface area (Å²) >= 11 is 0. The number of hydrogen-bond acceptors (Lipinski definition) is 4. The molecule has 0 fully saturated rings. The fraction of sp³-hybridized carbons (Fsp3) is 0.375. The van der Waals surface area contributed by atoms with Crippen LogP contribution in [0.5, 0.6) is 0 Å². The zero-order valence-electron chi connectivity index (χ0n) is 11.6. The molecule has 2 aromatic rings. The highest BCUT2D eigenvalue weighted by atomic mass is 16.3. The van der Waals surface area contributed by atoms with Crippen LogP contribution in [0.3, 0.4) is 0 Å². The highest BCUT2D eigenvalue weighted by Crippen LogP contribution is 2.34. The molecule has 2 N–H and O–H groups in total. The van der Waals surface area contributed by atoms with Crippen LogP contribution in [0.4, 0.5) is 5.82 Å². The van der Waals surface area contributed by atoms with E-state index in [1.807, 2.05) is 6.07 Å². The second kappa shape index (κ2) is 5.59. The minimum absolute atomic E-state index is 0.0474. The molecule has 1 unspecified atom stereocenters. The number of fused-ring (bicyclic) bond motifs is 3. The molecule has 0 amide bonds. The number of hydrogen-bond donors (Lipinski definition) is 2. The van der Waals surface area contributed by atoms with E-state index in [4.69, 9.17) is 0 Å². The molecule has 1 aromatic carbocycles. The highest BCUT2D eigenvalue weighted by Gasteiger charge is 2.21. The van der Waals surface area contributed by atoms with Gasteiger partial charge in [0.05, 0.1) is 18.3 Å². The van der Waals surface area contributed by atoms with Crippen molar-refractivity contribution in [2.75, 3.05) is 11.9 Å². The number of nitrogens with zero attached hydrogens (tertiary/aromatic N) is 2. The van der Waals surface area contributed by atoms with Crippen LogP contribution < -0.4 is 5.32 Å². The van der Waals surface area contributed by atoms with Gasteiger partial charge in [0.1, 0.15) is 12.1 Å². The average molecular weight is 269 g/mol. The van der Waals surface area contributed by atoms with Gasteiger partial charge in [0, 0.05) is 11.1 Å². The van der Waals surface area contributed by atoms with Gasteiger partial charge >= 0.3 is 0 Å². The standard InChI is InChI=1S/C16H19N3O/c1-2-12(9-20)19-16-14-8-7-11-5-3-4-6-13(11)15(14)17-10-18-16/h3-6,10,12,20H,2,7-9H2,1H3,(H,17,18,19). The molecule has 0 saturated carbocycles. The van der Waals surface area contributed by atoms with Crippen LogP contribution in [-0.2, 0) is 12.8 Å². The van der Waals surface area contributed by atoms with Gasteiger partial charge in [-0.25, -0.2) is 9.97 Å². The van der Waals surface area contributed by atoms with Crippen LogP contribution in [0.2, 0.25) is 0 Å². The number of aliphatic hydroxyl groups excluding tert-OH is 1. The van der Waals surface area contributed by atoms with E-state index in [0.29, 0.717) is 0 Å². The van der Waals surface area contributed by atoms with Crippen LogP contribution >= 0.6 is 0 Å². The molecule has 0 bridgehead atoms. The Morgan fingerprint density at radius 3 is 2.90 bits per heavy atom. The molecule has 20 heavy (non-hydrogen) atoms. The summed E-state index contributed by atoms with van der Waals surface area (Å²) in [5.74, 6) is 0.866. The maximum Gasteiger partial charge on any atom is 0.133 e. The van der Waals surface area contributed by atoms with E-state index in [9.17, 15) is 5.11 Å². The van der Waals surface area contributed by atoms with Gasteiger partial charge in [0.15, 0.2) is 0 Å². The number of benzene rings is 1. The maximum atomic E-state index is 9.34. The van der Waals surface area contributed by atoms with E-state index in [2.05, 4.69) is 40.4 Å². The summed E-state index contributed by atoms with van der Waals surface area (Å²) in [4.78, 5) is 8.83. The highest BCUT2D eigenvalue weighted by molar-refractivity contribution is 5.73. The second-order valence-electron chi connectivity index (χ2n) is 5.14. The lowest BCUT2D eigenvalue weighted by molar-refractivity contribution is 0.271. The van der Waals surface area contributed by atoms with Crippen LogP contribution in [-0.4, -0.2) is 27.7 Å². The molecule has 0 aliphatic heterocycles. The quantitative estimate of drug-likeness (QED) is 0.895. The third-order valence-electron chi connectivity index (χ3n) is 3.92. The van der Waals surface area contributed by atoms with E-state index in [1.165, 1.54) is 11.1 Å². The number of rotatable bonds is 4. The molecule has 0 radical (unpaired) electrons. The van der Waals surface area contributed by atoms with E-state index >= 15 is 0 Å². The van der Waals surface area contributed by atoms with Crippen molar-refractivity contribution in [1.82, 2.24) is 9.97 Å². The van der Waals surface area contributed by atoms with Gasteiger partial charge in [-0.1, -0.05) is 31.2 Å². The summed E-state index contributed by atoms with van der Waals surface area (Å²) in [6.07, 6.45) is 4.43. The lowest BCUT2D eigenvalue weighted by atomic mass is 9.89. The van der Waals surface area contributed by atoms with Crippen LogP contribution in [0, 0.1) is 0 Å². The first-order valence-corrected chi connectivity index (χ1v) is 7.13. The third kappa shape index (κ3) is 2.27. The third-order valence-corrected chi connectivity index (χ3v) is 3.92. The van der Waals surface area contributed by atoms with Crippen LogP contribution in [0.1, 0.15) is 24.5 Å². The first kappa shape index (κ1) is 13.1. The minimum atomic E-state index is 0.0474. The van der Waals surface area contributed by atoms with Gasteiger partial charge in [0.2, 0.25) is 0 Å². The Hall–Kier alpha value is -1.94. The summed E-state index contributed by atoms with van der Waals surface area (Å²) in [6.45, 7) is 2.17. The lowest BCUT2D eigenvalue weighted by Gasteiger charge is -2.23. The molecule has 4 nitrogen and oxygen atoms in total. The molecular formula is C16H19N3O. The summed E-state index contributed by atoms with van der Waals surface area (Å²) in [6, 6.07) is 8.45. The second-order valence-corrected chi connectivity index (χ2v) is 5.14. The fourth-order valence-electron chi connectivity index (χ4n) is 2.70. The molecule has 104 valence electrons. The predicted octanol–water partition coefficient (Wildman–Crippen LogP) is 2.43. The Bertz CT molecular complexity index is 608. The van der Waals surface area contributed by atoms with E-state index in [1.54, 1.807) is 6.33 Å². The van der Waals surface area contributed by atoms with Crippen molar-refractivity contribution in [3.63, 3.8) is 0 Å². The molecule has 1 aromatic heterocycles. The molecule has 1 heterocycles. The molecule has 4 heteroatoms. The minimum Gasteiger partial charge on any atom is -0.394 e. The fourth-order valence-corrected chi connectivity index (χ4v) is 2.70. The molecule has 3 rings (SSSR count). The SMILES string of the molecule is CCC(CO)Nc1ncnc2c1CCc1ccccc1-2. The Balaban J connectivity index is 2.01. The molecular weight excluding hydrogens is 250 g/mol. The predicted molar refractivity (Wildman–Crippen MR) is 79.7 cm³/mol. The van der Waals surface area contributed by atoms with Gasteiger partial charge in [-0.2, -0.15) is 0 Å². The van der Waals surface area contributed by atoms with Crippen molar-refractivity contribution in [1.29, 1.82) is 0 Å². The van der Waals surface area contributed by atoms with E-state index in [0.717, 1.165) is 36.3 Å². The van der Waals surface area contributed by atoms with Gasteiger partial charge in [-0.15, -0.1) is 0 Å². The van der Waals surface area contributed by atoms with Crippen molar-refractivity contribution in [3.05, 3.63) is 41.7 Å². The average Bonchev–Trinajstić information content (AvgIpc) is 2.52. The van der Waals surface area contributed by atoms with Crippen LogP contribution in [0.25, 0.3) is 11.3 Å². The largest absolute Gasteiger partial charge is 0.394 e. The van der Waals surface area contributed by atoms with Crippen molar-refractivity contribution < 1.29 is 5.11 Å². The molecule has 1 aliphatic carbocycles. The van der Waals surface area contributed by atoms with Crippen molar-refractivity contribution in [2.45, 2.75) is 32.2 Å². The molecule has 0 spiro atoms. The number of nitrogens with one attached hydrogen (secondary N) is 1. The Morgan fingerprint density at radius 1 is 1.25 bits per heavy atom. The summed E-state index contributed by atoms with van der Waals surface area (Å²) in [5, 5.41) is 12.7. The number of aromatic nitrogens is 2. The maximum absolute atomic E-state index is 9.34. The van der Waals surface area contributed by atoms with Gasteiger partial charge in [-0.05, 0) is 24.8 Å². The number of anilines is 1. The van der Waals surface area contributed by atoms with E-state index in [-0.39, 0.29) is 12.6 Å². The van der Waals surface area contributed by atoms with Gasteiger partial charge in [-0.3, -0.25) is 0 Å². The van der Waals surface area contributed by atoms with Gasteiger partial charge < -0.3 is 10.4 Å². The molecule has 0 saturated heterocycles. The zero-order valence-corrected chi connectivity index (χ0v) is 11.6. The lowest BCUT2D eigenvalue weighted by Crippen LogP contribution is -2.25. The summed E-state index contributed by atoms with van der Waals surface area (Å²) in [5.41, 5.74) is 4.74. The van der Waals surface area contributed by atoms with Gasteiger partial charge in [0.25, 0.3) is 0 Å². The van der Waals surface area contributed by atoms with Crippen molar-refractivity contribution in [3.8, 4) is 11.3 Å². The Kier molecular flexibility index (Phi) is 3.65.